The maximum absolute atomic E-state index is 8.86. The van der Waals surface area contributed by atoms with Crippen molar-refractivity contribution in [3.63, 3.8) is 0 Å². The fraction of sp³-hybridized carbons (Fsp3) is 0.625. The molecule has 112 valence electrons. The topological polar surface area (TPSA) is 35.9 Å². The number of rotatable bonds is 7. The smallest absolute Gasteiger partial charge is 0.122 e. The number of aliphatic hydroxyl groups excluding tert-OH is 1. The largest absolute Gasteiger partial charge is 0.496 e. The van der Waals surface area contributed by atoms with E-state index < -0.39 is 0 Å². The van der Waals surface area contributed by atoms with Crippen molar-refractivity contribution < 1.29 is 9.84 Å². The van der Waals surface area contributed by atoms with Crippen molar-refractivity contribution in [3.05, 3.63) is 29.8 Å². The lowest BCUT2D eigenvalue weighted by Gasteiger charge is -2.34. The highest BCUT2D eigenvalue weighted by molar-refractivity contribution is 5.33. The molecule has 1 aromatic carbocycles. The fourth-order valence-corrected chi connectivity index (χ4v) is 2.72. The minimum absolute atomic E-state index is 0.300. The van der Waals surface area contributed by atoms with Crippen LogP contribution < -0.4 is 4.74 Å². The summed E-state index contributed by atoms with van der Waals surface area (Å²) >= 11 is 0. The van der Waals surface area contributed by atoms with E-state index in [1.807, 2.05) is 12.1 Å². The molecule has 4 heteroatoms. The number of methoxy groups -OCH3 is 1. The normalized spacial score (nSPS) is 17.3. The third-order valence-electron chi connectivity index (χ3n) is 3.99. The van der Waals surface area contributed by atoms with E-state index >= 15 is 0 Å². The summed E-state index contributed by atoms with van der Waals surface area (Å²) in [6, 6.07) is 8.27. The molecule has 0 amide bonds. The van der Waals surface area contributed by atoms with Crippen molar-refractivity contribution in [1.82, 2.24) is 9.80 Å². The Bertz CT molecular complexity index is 390. The molecule has 0 saturated carbocycles. The standard InChI is InChI=1S/C16H26N2O2/c1-20-16-6-3-2-5-15(16)7-9-18-12-10-17(11-13-18)8-4-14-19/h2-3,5-6,19H,4,7-14H2,1H3. The molecular weight excluding hydrogens is 252 g/mol. The van der Waals surface area contributed by atoms with Crippen molar-refractivity contribution in [2.45, 2.75) is 12.8 Å². The highest BCUT2D eigenvalue weighted by Gasteiger charge is 2.16. The van der Waals surface area contributed by atoms with E-state index in [0.717, 1.165) is 57.9 Å². The monoisotopic (exact) mass is 278 g/mol. The molecule has 1 N–H and O–H groups in total. The van der Waals surface area contributed by atoms with Gasteiger partial charge < -0.3 is 19.6 Å². The van der Waals surface area contributed by atoms with Gasteiger partial charge in [-0.3, -0.25) is 0 Å². The average Bonchev–Trinajstić information content (AvgIpc) is 2.52. The first-order chi connectivity index (χ1) is 9.83. The van der Waals surface area contributed by atoms with Crippen LogP contribution in [0.15, 0.2) is 24.3 Å². The number of ether oxygens (including phenoxy) is 1. The van der Waals surface area contributed by atoms with Crippen molar-refractivity contribution >= 4 is 0 Å². The fourth-order valence-electron chi connectivity index (χ4n) is 2.72. The van der Waals surface area contributed by atoms with Crippen LogP contribution in [-0.4, -0.2) is 67.9 Å². The second-order valence-electron chi connectivity index (χ2n) is 5.32. The SMILES string of the molecule is COc1ccccc1CCN1CCN(CCCO)CC1. The first-order valence-electron chi connectivity index (χ1n) is 7.51. The molecule has 20 heavy (non-hydrogen) atoms. The van der Waals surface area contributed by atoms with Crippen LogP contribution in [0.1, 0.15) is 12.0 Å². The molecule has 0 aliphatic carbocycles. The minimum atomic E-state index is 0.300. The van der Waals surface area contributed by atoms with E-state index in [1.54, 1.807) is 7.11 Å². The maximum atomic E-state index is 8.86. The Labute approximate surface area is 122 Å². The van der Waals surface area contributed by atoms with Gasteiger partial charge in [0.25, 0.3) is 0 Å². The van der Waals surface area contributed by atoms with Gasteiger partial charge >= 0.3 is 0 Å². The molecule has 4 nitrogen and oxygen atoms in total. The molecule has 0 spiro atoms. The van der Waals surface area contributed by atoms with Gasteiger partial charge in [0.1, 0.15) is 5.75 Å². The highest BCUT2D eigenvalue weighted by Crippen LogP contribution is 2.18. The lowest BCUT2D eigenvalue weighted by atomic mass is 10.1. The van der Waals surface area contributed by atoms with Crippen LogP contribution in [0.3, 0.4) is 0 Å². The Morgan fingerprint density at radius 3 is 2.35 bits per heavy atom. The summed E-state index contributed by atoms with van der Waals surface area (Å²) in [6.45, 7) is 6.90. The third-order valence-corrected chi connectivity index (χ3v) is 3.99. The van der Waals surface area contributed by atoms with Crippen molar-refractivity contribution in [2.75, 3.05) is 53.0 Å². The number of nitrogens with zero attached hydrogens (tertiary/aromatic N) is 2. The summed E-state index contributed by atoms with van der Waals surface area (Å²) < 4.78 is 5.40. The van der Waals surface area contributed by atoms with Crippen LogP contribution >= 0.6 is 0 Å². The summed E-state index contributed by atoms with van der Waals surface area (Å²) in [6.07, 6.45) is 1.93. The minimum Gasteiger partial charge on any atom is -0.496 e. The zero-order chi connectivity index (χ0) is 14.2. The lowest BCUT2D eigenvalue weighted by Crippen LogP contribution is -2.47. The summed E-state index contributed by atoms with van der Waals surface area (Å²) in [5, 5.41) is 8.86. The molecule has 1 saturated heterocycles. The molecule has 1 aromatic rings. The van der Waals surface area contributed by atoms with E-state index in [9.17, 15) is 0 Å². The van der Waals surface area contributed by atoms with Gasteiger partial charge in [0.15, 0.2) is 0 Å². The van der Waals surface area contributed by atoms with Gasteiger partial charge in [0, 0.05) is 45.9 Å². The Morgan fingerprint density at radius 1 is 1.05 bits per heavy atom. The Morgan fingerprint density at radius 2 is 1.70 bits per heavy atom. The average molecular weight is 278 g/mol. The molecule has 0 aromatic heterocycles. The number of hydrogen-bond donors (Lipinski definition) is 1. The molecule has 0 bridgehead atoms. The second kappa shape index (κ2) is 8.25. The molecule has 0 unspecified atom stereocenters. The zero-order valence-electron chi connectivity index (χ0n) is 12.4. The predicted molar refractivity (Wildman–Crippen MR) is 81.3 cm³/mol. The van der Waals surface area contributed by atoms with Gasteiger partial charge in [-0.1, -0.05) is 18.2 Å². The lowest BCUT2D eigenvalue weighted by molar-refractivity contribution is 0.125. The van der Waals surface area contributed by atoms with Crippen LogP contribution in [0.2, 0.25) is 0 Å². The van der Waals surface area contributed by atoms with Gasteiger partial charge in [0.2, 0.25) is 0 Å². The molecule has 1 heterocycles. The number of piperazine rings is 1. The number of hydrogen-bond acceptors (Lipinski definition) is 4. The summed E-state index contributed by atoms with van der Waals surface area (Å²) in [7, 11) is 1.73. The number of benzene rings is 1. The van der Waals surface area contributed by atoms with E-state index in [-0.39, 0.29) is 0 Å². The summed E-state index contributed by atoms with van der Waals surface area (Å²) in [5.41, 5.74) is 1.29. The first kappa shape index (κ1) is 15.3. The van der Waals surface area contributed by atoms with Crippen molar-refractivity contribution in [3.8, 4) is 5.75 Å². The van der Waals surface area contributed by atoms with Gasteiger partial charge in [-0.25, -0.2) is 0 Å². The quantitative estimate of drug-likeness (QED) is 0.814. The Kier molecular flexibility index (Phi) is 6.30. The zero-order valence-corrected chi connectivity index (χ0v) is 12.4. The van der Waals surface area contributed by atoms with E-state index in [4.69, 9.17) is 9.84 Å². The Hall–Kier alpha value is -1.10. The van der Waals surface area contributed by atoms with Gasteiger partial charge in [-0.05, 0) is 24.5 Å². The summed E-state index contributed by atoms with van der Waals surface area (Å²) in [4.78, 5) is 4.96. The van der Waals surface area contributed by atoms with Gasteiger partial charge in [0.05, 0.1) is 7.11 Å². The molecule has 0 atom stereocenters. The molecule has 0 radical (unpaired) electrons. The molecular formula is C16H26N2O2. The van der Waals surface area contributed by atoms with E-state index in [1.165, 1.54) is 5.56 Å². The van der Waals surface area contributed by atoms with E-state index in [2.05, 4.69) is 21.9 Å². The number of para-hydroxylation sites is 1. The van der Waals surface area contributed by atoms with Gasteiger partial charge in [-0.15, -0.1) is 0 Å². The van der Waals surface area contributed by atoms with Crippen molar-refractivity contribution in [2.24, 2.45) is 0 Å². The maximum Gasteiger partial charge on any atom is 0.122 e. The number of aliphatic hydroxyl groups is 1. The van der Waals surface area contributed by atoms with Gasteiger partial charge in [-0.2, -0.15) is 0 Å². The van der Waals surface area contributed by atoms with Crippen molar-refractivity contribution in [1.29, 1.82) is 0 Å². The van der Waals surface area contributed by atoms with E-state index in [0.29, 0.717) is 6.61 Å². The molecule has 1 aliphatic rings. The first-order valence-corrected chi connectivity index (χ1v) is 7.51. The van der Waals surface area contributed by atoms with Crippen LogP contribution in [-0.2, 0) is 6.42 Å². The third kappa shape index (κ3) is 4.47. The highest BCUT2D eigenvalue weighted by atomic mass is 16.5. The molecule has 1 aliphatic heterocycles. The van der Waals surface area contributed by atoms with Crippen LogP contribution in [0.25, 0.3) is 0 Å². The summed E-state index contributed by atoms with van der Waals surface area (Å²) in [5.74, 6) is 0.995. The molecule has 2 rings (SSSR count). The molecule has 1 fully saturated rings. The Balaban J connectivity index is 1.73. The van der Waals surface area contributed by atoms with Crippen LogP contribution in [0.5, 0.6) is 5.75 Å². The predicted octanol–water partition coefficient (Wildman–Crippen LogP) is 1.24. The van der Waals surface area contributed by atoms with Crippen LogP contribution in [0.4, 0.5) is 0 Å². The second-order valence-corrected chi connectivity index (χ2v) is 5.32. The van der Waals surface area contributed by atoms with Crippen LogP contribution in [0, 0.1) is 0 Å².